The fraction of sp³-hybridized carbons (Fsp3) is 0.417. The molecule has 2 amide bonds. The Morgan fingerprint density at radius 1 is 0.767 bits per heavy atom. The topological polar surface area (TPSA) is 59.1 Å². The summed E-state index contributed by atoms with van der Waals surface area (Å²) < 4.78 is 10.6. The van der Waals surface area contributed by atoms with Crippen molar-refractivity contribution < 1.29 is 19.1 Å². The summed E-state index contributed by atoms with van der Waals surface area (Å²) in [6, 6.07) is 11.3. The van der Waals surface area contributed by atoms with Crippen LogP contribution in [0.2, 0.25) is 0 Å². The van der Waals surface area contributed by atoms with E-state index in [1.807, 2.05) is 11.0 Å². The van der Waals surface area contributed by atoms with Gasteiger partial charge in [0.25, 0.3) is 11.8 Å². The molecule has 0 N–H and O–H groups in total. The third-order valence-corrected chi connectivity index (χ3v) is 6.09. The Hall–Kier alpha value is -3.02. The zero-order chi connectivity index (χ0) is 21.1. The Labute approximate surface area is 177 Å². The zero-order valence-electron chi connectivity index (χ0n) is 17.6. The molecule has 30 heavy (non-hydrogen) atoms. The van der Waals surface area contributed by atoms with Gasteiger partial charge in [0.15, 0.2) is 0 Å². The fourth-order valence-electron chi connectivity index (χ4n) is 4.31. The van der Waals surface area contributed by atoms with Crippen LogP contribution in [-0.4, -0.2) is 62.0 Å². The second kappa shape index (κ2) is 8.78. The number of hydrogen-bond donors (Lipinski definition) is 0. The van der Waals surface area contributed by atoms with Gasteiger partial charge in [-0.2, -0.15) is 0 Å². The van der Waals surface area contributed by atoms with E-state index in [1.54, 1.807) is 37.3 Å². The lowest BCUT2D eigenvalue weighted by Gasteiger charge is -2.35. The molecule has 0 spiro atoms. The van der Waals surface area contributed by atoms with Gasteiger partial charge >= 0.3 is 0 Å². The van der Waals surface area contributed by atoms with Crippen LogP contribution in [0.3, 0.4) is 0 Å². The molecular weight excluding hydrogens is 380 g/mol. The summed E-state index contributed by atoms with van der Waals surface area (Å²) in [6.07, 6.45) is 4.59. The number of aryl methyl sites for hydroxylation is 2. The molecule has 1 heterocycles. The van der Waals surface area contributed by atoms with Crippen LogP contribution in [-0.2, 0) is 12.8 Å². The van der Waals surface area contributed by atoms with Crippen molar-refractivity contribution in [2.45, 2.75) is 25.7 Å². The fourth-order valence-corrected chi connectivity index (χ4v) is 4.31. The number of carbonyl (C=O) groups is 2. The summed E-state index contributed by atoms with van der Waals surface area (Å²) in [5.74, 6) is 1.10. The van der Waals surface area contributed by atoms with E-state index in [0.717, 1.165) is 18.4 Å². The molecule has 0 saturated carbocycles. The summed E-state index contributed by atoms with van der Waals surface area (Å²) >= 11 is 0. The van der Waals surface area contributed by atoms with Crippen LogP contribution in [0, 0.1) is 0 Å². The maximum Gasteiger partial charge on any atom is 0.257 e. The van der Waals surface area contributed by atoms with Gasteiger partial charge in [0.1, 0.15) is 11.5 Å². The molecule has 0 atom stereocenters. The van der Waals surface area contributed by atoms with Crippen molar-refractivity contribution >= 4 is 11.8 Å². The lowest BCUT2D eigenvalue weighted by molar-refractivity contribution is 0.0533. The third-order valence-electron chi connectivity index (χ3n) is 6.09. The van der Waals surface area contributed by atoms with Crippen molar-refractivity contribution in [1.82, 2.24) is 9.80 Å². The molecule has 1 aliphatic carbocycles. The second-order valence-corrected chi connectivity index (χ2v) is 7.84. The molecular formula is C24H28N2O4. The molecule has 0 aromatic heterocycles. The van der Waals surface area contributed by atoms with E-state index in [0.29, 0.717) is 43.2 Å². The SMILES string of the molecule is COc1ccc(C(=O)N2CCN(C(=O)c3ccc4c(c3)CCCC4)CC2)c(OC)c1. The van der Waals surface area contributed by atoms with E-state index in [1.165, 1.54) is 24.0 Å². The first-order valence-electron chi connectivity index (χ1n) is 10.5. The van der Waals surface area contributed by atoms with Gasteiger partial charge in [0, 0.05) is 37.8 Å². The Bertz CT molecular complexity index is 948. The highest BCUT2D eigenvalue weighted by Gasteiger charge is 2.27. The predicted molar refractivity (Wildman–Crippen MR) is 114 cm³/mol. The number of benzene rings is 2. The second-order valence-electron chi connectivity index (χ2n) is 7.84. The van der Waals surface area contributed by atoms with Crippen LogP contribution in [0.5, 0.6) is 11.5 Å². The van der Waals surface area contributed by atoms with Gasteiger partial charge in [-0.15, -0.1) is 0 Å². The lowest BCUT2D eigenvalue weighted by Crippen LogP contribution is -2.50. The minimum Gasteiger partial charge on any atom is -0.497 e. The van der Waals surface area contributed by atoms with Gasteiger partial charge in [-0.3, -0.25) is 9.59 Å². The van der Waals surface area contributed by atoms with Crippen molar-refractivity contribution in [3.8, 4) is 11.5 Å². The summed E-state index contributed by atoms with van der Waals surface area (Å²) in [5.41, 5.74) is 3.95. The van der Waals surface area contributed by atoms with Gasteiger partial charge in [0.05, 0.1) is 19.8 Å². The number of ether oxygens (including phenoxy) is 2. The highest BCUT2D eigenvalue weighted by Crippen LogP contribution is 2.27. The largest absolute Gasteiger partial charge is 0.497 e. The van der Waals surface area contributed by atoms with Gasteiger partial charge in [-0.05, 0) is 61.1 Å². The zero-order valence-corrected chi connectivity index (χ0v) is 17.6. The quantitative estimate of drug-likeness (QED) is 0.780. The highest BCUT2D eigenvalue weighted by atomic mass is 16.5. The summed E-state index contributed by atoms with van der Waals surface area (Å²) in [4.78, 5) is 29.6. The van der Waals surface area contributed by atoms with Crippen LogP contribution in [0.15, 0.2) is 36.4 Å². The van der Waals surface area contributed by atoms with Gasteiger partial charge in [0.2, 0.25) is 0 Å². The number of fused-ring (bicyclic) bond motifs is 1. The van der Waals surface area contributed by atoms with Crippen molar-refractivity contribution in [3.63, 3.8) is 0 Å². The molecule has 1 aliphatic heterocycles. The Morgan fingerprint density at radius 3 is 2.10 bits per heavy atom. The molecule has 1 saturated heterocycles. The number of methoxy groups -OCH3 is 2. The van der Waals surface area contributed by atoms with E-state index in [4.69, 9.17) is 9.47 Å². The maximum absolute atomic E-state index is 13.0. The Balaban J connectivity index is 1.41. The average Bonchev–Trinajstić information content (AvgIpc) is 2.82. The number of carbonyl (C=O) groups excluding carboxylic acids is 2. The minimum absolute atomic E-state index is 0.0532. The molecule has 2 aromatic carbocycles. The molecule has 2 aliphatic rings. The molecule has 2 aromatic rings. The molecule has 0 bridgehead atoms. The van der Waals surface area contributed by atoms with Crippen LogP contribution < -0.4 is 9.47 Å². The molecule has 158 valence electrons. The summed E-state index contributed by atoms with van der Waals surface area (Å²) in [6.45, 7) is 2.07. The van der Waals surface area contributed by atoms with Crippen LogP contribution in [0.1, 0.15) is 44.7 Å². The first-order chi connectivity index (χ1) is 14.6. The Kier molecular flexibility index (Phi) is 5.93. The number of piperazine rings is 1. The van der Waals surface area contributed by atoms with Crippen molar-refractivity contribution in [2.24, 2.45) is 0 Å². The number of amides is 2. The van der Waals surface area contributed by atoms with Crippen LogP contribution in [0.25, 0.3) is 0 Å². The van der Waals surface area contributed by atoms with E-state index in [9.17, 15) is 9.59 Å². The van der Waals surface area contributed by atoms with E-state index in [-0.39, 0.29) is 11.8 Å². The standard InChI is InChI=1S/C24H28N2O4/c1-29-20-9-10-21(22(16-20)30-2)24(28)26-13-11-25(12-14-26)23(27)19-8-7-17-5-3-4-6-18(17)15-19/h7-10,15-16H,3-6,11-14H2,1-2H3. The van der Waals surface area contributed by atoms with Crippen molar-refractivity contribution in [1.29, 1.82) is 0 Å². The molecule has 4 rings (SSSR count). The van der Waals surface area contributed by atoms with Gasteiger partial charge in [-0.1, -0.05) is 6.07 Å². The lowest BCUT2D eigenvalue weighted by atomic mass is 9.90. The van der Waals surface area contributed by atoms with Crippen LogP contribution in [0.4, 0.5) is 0 Å². The Morgan fingerprint density at radius 2 is 1.43 bits per heavy atom. The van der Waals surface area contributed by atoms with Gasteiger partial charge in [-0.25, -0.2) is 0 Å². The molecule has 0 radical (unpaired) electrons. The molecule has 0 unspecified atom stereocenters. The van der Waals surface area contributed by atoms with Crippen molar-refractivity contribution in [2.75, 3.05) is 40.4 Å². The van der Waals surface area contributed by atoms with Gasteiger partial charge < -0.3 is 19.3 Å². The van der Waals surface area contributed by atoms with E-state index in [2.05, 4.69) is 12.1 Å². The first-order valence-corrected chi connectivity index (χ1v) is 10.5. The molecule has 1 fully saturated rings. The normalized spacial score (nSPS) is 16.1. The van der Waals surface area contributed by atoms with Crippen molar-refractivity contribution in [3.05, 3.63) is 58.7 Å². The molecule has 6 heteroatoms. The number of rotatable bonds is 4. The summed E-state index contributed by atoms with van der Waals surface area (Å²) in [5, 5.41) is 0. The average molecular weight is 408 g/mol. The highest BCUT2D eigenvalue weighted by molar-refractivity contribution is 5.98. The smallest absolute Gasteiger partial charge is 0.257 e. The number of nitrogens with zero attached hydrogens (tertiary/aromatic N) is 2. The first kappa shape index (κ1) is 20.3. The third kappa shape index (κ3) is 3.99. The number of hydrogen-bond acceptors (Lipinski definition) is 4. The van der Waals surface area contributed by atoms with Crippen LogP contribution >= 0.6 is 0 Å². The van der Waals surface area contributed by atoms with E-state index >= 15 is 0 Å². The predicted octanol–water partition coefficient (Wildman–Crippen LogP) is 3.18. The molecule has 6 nitrogen and oxygen atoms in total. The van der Waals surface area contributed by atoms with E-state index < -0.39 is 0 Å². The monoisotopic (exact) mass is 408 g/mol. The maximum atomic E-state index is 13.0. The minimum atomic E-state index is -0.0876. The summed E-state index contributed by atoms with van der Waals surface area (Å²) in [7, 11) is 3.12.